The SMILES string of the molecule is Cc1cccc(Cc2ccn3c2CNCC3)c1. The second kappa shape index (κ2) is 4.38. The van der Waals surface area contributed by atoms with Crippen molar-refractivity contribution in [2.24, 2.45) is 0 Å². The molecule has 0 aliphatic carbocycles. The molecule has 2 nitrogen and oxygen atoms in total. The van der Waals surface area contributed by atoms with Crippen LogP contribution in [0, 0.1) is 6.92 Å². The number of rotatable bonds is 2. The quantitative estimate of drug-likeness (QED) is 0.832. The van der Waals surface area contributed by atoms with Crippen LogP contribution in [0.2, 0.25) is 0 Å². The van der Waals surface area contributed by atoms with Crippen LogP contribution in [0.15, 0.2) is 36.5 Å². The second-order valence-corrected chi connectivity index (χ2v) is 4.82. The number of aromatic nitrogens is 1. The summed E-state index contributed by atoms with van der Waals surface area (Å²) in [6.45, 7) is 5.35. The molecule has 0 bridgehead atoms. The lowest BCUT2D eigenvalue weighted by Gasteiger charge is -2.18. The van der Waals surface area contributed by atoms with E-state index >= 15 is 0 Å². The number of fused-ring (bicyclic) bond motifs is 1. The lowest BCUT2D eigenvalue weighted by Crippen LogP contribution is -2.28. The molecule has 0 spiro atoms. The summed E-state index contributed by atoms with van der Waals surface area (Å²) in [7, 11) is 0. The Hall–Kier alpha value is -1.54. The van der Waals surface area contributed by atoms with Gasteiger partial charge < -0.3 is 9.88 Å². The molecule has 88 valence electrons. The van der Waals surface area contributed by atoms with Crippen LogP contribution in [-0.4, -0.2) is 11.1 Å². The molecular weight excluding hydrogens is 208 g/mol. The van der Waals surface area contributed by atoms with Crippen molar-refractivity contribution in [3.63, 3.8) is 0 Å². The van der Waals surface area contributed by atoms with Crippen molar-refractivity contribution >= 4 is 0 Å². The summed E-state index contributed by atoms with van der Waals surface area (Å²) in [6, 6.07) is 11.1. The van der Waals surface area contributed by atoms with Gasteiger partial charge >= 0.3 is 0 Å². The average Bonchev–Trinajstić information content (AvgIpc) is 2.73. The zero-order valence-corrected chi connectivity index (χ0v) is 10.2. The molecule has 0 fully saturated rings. The normalized spacial score (nSPS) is 14.6. The van der Waals surface area contributed by atoms with E-state index in [2.05, 4.69) is 53.3 Å². The van der Waals surface area contributed by atoms with Gasteiger partial charge in [-0.1, -0.05) is 29.8 Å². The number of aryl methyl sites for hydroxylation is 1. The molecule has 0 amide bonds. The van der Waals surface area contributed by atoms with E-state index in [1.165, 1.54) is 22.4 Å². The Morgan fingerprint density at radius 2 is 2.24 bits per heavy atom. The lowest BCUT2D eigenvalue weighted by molar-refractivity contribution is 0.514. The molecule has 2 aromatic rings. The summed E-state index contributed by atoms with van der Waals surface area (Å²) >= 11 is 0. The van der Waals surface area contributed by atoms with Gasteiger partial charge in [-0.15, -0.1) is 0 Å². The van der Waals surface area contributed by atoms with Crippen molar-refractivity contribution in [2.75, 3.05) is 6.54 Å². The standard InChI is InChI=1S/C15H18N2/c1-12-3-2-4-13(9-12)10-14-5-7-17-8-6-16-11-15(14)17/h2-5,7,9,16H,6,8,10-11H2,1H3. The first-order valence-electron chi connectivity index (χ1n) is 6.26. The van der Waals surface area contributed by atoms with Gasteiger partial charge in [0.05, 0.1) is 0 Å². The average molecular weight is 226 g/mol. The number of nitrogens with one attached hydrogen (secondary N) is 1. The lowest BCUT2D eigenvalue weighted by atomic mass is 10.0. The van der Waals surface area contributed by atoms with Crippen LogP contribution in [-0.2, 0) is 19.5 Å². The maximum atomic E-state index is 3.44. The minimum absolute atomic E-state index is 1.01. The highest BCUT2D eigenvalue weighted by Gasteiger charge is 2.12. The van der Waals surface area contributed by atoms with Gasteiger partial charge in [-0.2, -0.15) is 0 Å². The van der Waals surface area contributed by atoms with Crippen molar-refractivity contribution in [2.45, 2.75) is 26.4 Å². The Morgan fingerprint density at radius 1 is 1.29 bits per heavy atom. The van der Waals surface area contributed by atoms with Crippen LogP contribution >= 0.6 is 0 Å². The molecule has 17 heavy (non-hydrogen) atoms. The summed E-state index contributed by atoms with van der Waals surface area (Å²) in [4.78, 5) is 0. The van der Waals surface area contributed by atoms with Crippen LogP contribution in [0.1, 0.15) is 22.4 Å². The molecule has 1 aromatic carbocycles. The van der Waals surface area contributed by atoms with E-state index in [1.54, 1.807) is 0 Å². The Morgan fingerprint density at radius 3 is 3.12 bits per heavy atom. The van der Waals surface area contributed by atoms with Gasteiger partial charge in [0.25, 0.3) is 0 Å². The van der Waals surface area contributed by atoms with E-state index in [1.807, 2.05) is 0 Å². The summed E-state index contributed by atoms with van der Waals surface area (Å²) < 4.78 is 2.38. The number of benzene rings is 1. The Labute approximate surface area is 102 Å². The molecule has 0 unspecified atom stereocenters. The van der Waals surface area contributed by atoms with Crippen LogP contribution in [0.4, 0.5) is 0 Å². The number of hydrogen-bond donors (Lipinski definition) is 1. The Kier molecular flexibility index (Phi) is 2.73. The molecule has 2 heterocycles. The molecule has 1 aromatic heterocycles. The van der Waals surface area contributed by atoms with E-state index in [0.29, 0.717) is 0 Å². The minimum atomic E-state index is 1.01. The zero-order valence-electron chi connectivity index (χ0n) is 10.2. The molecule has 0 radical (unpaired) electrons. The summed E-state index contributed by atoms with van der Waals surface area (Å²) in [6.07, 6.45) is 3.27. The van der Waals surface area contributed by atoms with Crippen molar-refractivity contribution in [1.29, 1.82) is 0 Å². The zero-order chi connectivity index (χ0) is 11.7. The first-order chi connectivity index (χ1) is 8.33. The molecule has 1 aliphatic heterocycles. The third-order valence-corrected chi connectivity index (χ3v) is 3.47. The maximum Gasteiger partial charge on any atom is 0.0362 e. The minimum Gasteiger partial charge on any atom is -0.349 e. The third kappa shape index (κ3) is 2.13. The second-order valence-electron chi connectivity index (χ2n) is 4.82. The first kappa shape index (κ1) is 10.6. The van der Waals surface area contributed by atoms with Gasteiger partial charge in [0, 0.05) is 31.5 Å². The highest BCUT2D eigenvalue weighted by molar-refractivity contribution is 5.32. The molecule has 0 saturated heterocycles. The van der Waals surface area contributed by atoms with E-state index in [-0.39, 0.29) is 0 Å². The van der Waals surface area contributed by atoms with Gasteiger partial charge in [0.2, 0.25) is 0 Å². The summed E-state index contributed by atoms with van der Waals surface area (Å²) in [5.74, 6) is 0. The highest BCUT2D eigenvalue weighted by Crippen LogP contribution is 2.18. The highest BCUT2D eigenvalue weighted by atomic mass is 15.1. The predicted octanol–water partition coefficient (Wildman–Crippen LogP) is 2.49. The molecular formula is C15H18N2. The molecule has 2 heteroatoms. The fourth-order valence-electron chi connectivity index (χ4n) is 2.58. The predicted molar refractivity (Wildman–Crippen MR) is 70.1 cm³/mol. The van der Waals surface area contributed by atoms with Crippen LogP contribution < -0.4 is 5.32 Å². The molecule has 1 aliphatic rings. The van der Waals surface area contributed by atoms with Gasteiger partial charge in [0.1, 0.15) is 0 Å². The van der Waals surface area contributed by atoms with Gasteiger partial charge in [-0.05, 0) is 30.5 Å². The first-order valence-corrected chi connectivity index (χ1v) is 6.26. The molecule has 0 saturated carbocycles. The van der Waals surface area contributed by atoms with Gasteiger partial charge in [-0.3, -0.25) is 0 Å². The third-order valence-electron chi connectivity index (χ3n) is 3.47. The van der Waals surface area contributed by atoms with Gasteiger partial charge in [0.15, 0.2) is 0 Å². The summed E-state index contributed by atoms with van der Waals surface area (Å²) in [5.41, 5.74) is 5.67. The fraction of sp³-hybridized carbons (Fsp3) is 0.333. The van der Waals surface area contributed by atoms with E-state index < -0.39 is 0 Å². The van der Waals surface area contributed by atoms with Crippen LogP contribution in [0.3, 0.4) is 0 Å². The van der Waals surface area contributed by atoms with E-state index in [9.17, 15) is 0 Å². The molecule has 0 atom stereocenters. The topological polar surface area (TPSA) is 17.0 Å². The largest absolute Gasteiger partial charge is 0.349 e. The fourth-order valence-corrected chi connectivity index (χ4v) is 2.58. The monoisotopic (exact) mass is 226 g/mol. The Bertz CT molecular complexity index is 525. The summed E-state index contributed by atoms with van der Waals surface area (Å²) in [5, 5.41) is 3.44. The van der Waals surface area contributed by atoms with Crippen molar-refractivity contribution < 1.29 is 0 Å². The molecule has 1 N–H and O–H groups in total. The van der Waals surface area contributed by atoms with Crippen LogP contribution in [0.25, 0.3) is 0 Å². The van der Waals surface area contributed by atoms with E-state index in [4.69, 9.17) is 0 Å². The van der Waals surface area contributed by atoms with E-state index in [0.717, 1.165) is 26.1 Å². The Balaban J connectivity index is 1.88. The van der Waals surface area contributed by atoms with Crippen molar-refractivity contribution in [3.8, 4) is 0 Å². The number of hydrogen-bond acceptors (Lipinski definition) is 1. The van der Waals surface area contributed by atoms with Crippen molar-refractivity contribution in [1.82, 2.24) is 9.88 Å². The number of nitrogens with zero attached hydrogens (tertiary/aromatic N) is 1. The van der Waals surface area contributed by atoms with Crippen molar-refractivity contribution in [3.05, 3.63) is 58.9 Å². The van der Waals surface area contributed by atoms with Gasteiger partial charge in [-0.25, -0.2) is 0 Å². The smallest absolute Gasteiger partial charge is 0.0362 e. The molecule has 3 rings (SSSR count). The van der Waals surface area contributed by atoms with Crippen LogP contribution in [0.5, 0.6) is 0 Å². The maximum absolute atomic E-state index is 3.44.